The van der Waals surface area contributed by atoms with Crippen molar-refractivity contribution in [3.05, 3.63) is 43.6 Å². The third-order valence-electron chi connectivity index (χ3n) is 2.50. The molecule has 100 valence electrons. The van der Waals surface area contributed by atoms with Crippen LogP contribution in [0.25, 0.3) is 0 Å². The number of rotatable bonds is 3. The monoisotopic (exact) mass is 359 g/mol. The molecule has 0 saturated carbocycles. The molecule has 0 aliphatic heterocycles. The van der Waals surface area contributed by atoms with Gasteiger partial charge in [0.1, 0.15) is 5.82 Å². The average molecular weight is 361 g/mol. The highest BCUT2D eigenvalue weighted by atomic mass is 79.9. The number of nitrogens with two attached hydrogens (primary N) is 1. The van der Waals surface area contributed by atoms with E-state index in [1.165, 1.54) is 11.3 Å². The summed E-state index contributed by atoms with van der Waals surface area (Å²) >= 11 is 10.6. The first-order chi connectivity index (χ1) is 8.97. The van der Waals surface area contributed by atoms with Crippen LogP contribution in [0.3, 0.4) is 0 Å². The maximum Gasteiger partial charge on any atom is 0.255 e. The molecule has 2 aromatic rings. The van der Waals surface area contributed by atoms with Crippen LogP contribution in [-0.2, 0) is 0 Å². The van der Waals surface area contributed by atoms with Crippen LogP contribution in [0.1, 0.15) is 28.2 Å². The van der Waals surface area contributed by atoms with E-state index in [0.717, 1.165) is 4.88 Å². The molecule has 7 heteroatoms. The van der Waals surface area contributed by atoms with Gasteiger partial charge in [0.05, 0.1) is 15.9 Å². The Labute approximate surface area is 128 Å². The van der Waals surface area contributed by atoms with E-state index >= 15 is 0 Å². The quantitative estimate of drug-likeness (QED) is 0.878. The van der Waals surface area contributed by atoms with Gasteiger partial charge >= 0.3 is 0 Å². The zero-order valence-corrected chi connectivity index (χ0v) is 13.1. The number of anilines is 1. The van der Waals surface area contributed by atoms with Crippen molar-refractivity contribution in [1.82, 2.24) is 10.3 Å². The highest BCUT2D eigenvalue weighted by molar-refractivity contribution is 9.10. The number of hydrogen-bond donors (Lipinski definition) is 2. The predicted octanol–water partition coefficient (Wildman–Crippen LogP) is 3.63. The molecule has 1 atom stereocenters. The van der Waals surface area contributed by atoms with Crippen molar-refractivity contribution in [1.29, 1.82) is 0 Å². The second-order valence-corrected chi connectivity index (χ2v) is 6.59. The zero-order valence-electron chi connectivity index (χ0n) is 9.98. The summed E-state index contributed by atoms with van der Waals surface area (Å²) in [4.78, 5) is 17.0. The summed E-state index contributed by atoms with van der Waals surface area (Å²) in [6.07, 6.45) is 1.55. The van der Waals surface area contributed by atoms with E-state index < -0.39 is 0 Å². The van der Waals surface area contributed by atoms with Crippen LogP contribution in [0.15, 0.2) is 28.9 Å². The standard InChI is InChI=1S/C12H11BrClN3OS/c1-6(9-2-3-10(14)19-9)17-12(18)8-4-7(13)5-16-11(8)15/h2-6H,1H3,(H2,15,16)(H,17,18). The smallest absolute Gasteiger partial charge is 0.255 e. The van der Waals surface area contributed by atoms with Gasteiger partial charge in [0.15, 0.2) is 0 Å². The lowest BCUT2D eigenvalue weighted by Crippen LogP contribution is -2.27. The van der Waals surface area contributed by atoms with E-state index in [9.17, 15) is 4.79 Å². The predicted molar refractivity (Wildman–Crippen MR) is 81.6 cm³/mol. The maximum atomic E-state index is 12.1. The van der Waals surface area contributed by atoms with Crippen molar-refractivity contribution in [2.45, 2.75) is 13.0 Å². The average Bonchev–Trinajstić information content (AvgIpc) is 2.79. The molecule has 2 aromatic heterocycles. The number of pyridine rings is 1. The van der Waals surface area contributed by atoms with Gasteiger partial charge < -0.3 is 11.1 Å². The minimum atomic E-state index is -0.261. The fourth-order valence-corrected chi connectivity index (χ4v) is 2.93. The summed E-state index contributed by atoms with van der Waals surface area (Å²) in [6, 6.07) is 5.20. The Kier molecular flexibility index (Phi) is 4.44. The molecule has 0 saturated heterocycles. The van der Waals surface area contributed by atoms with Crippen molar-refractivity contribution >= 4 is 50.6 Å². The van der Waals surface area contributed by atoms with Gasteiger partial charge in [-0.25, -0.2) is 4.98 Å². The van der Waals surface area contributed by atoms with Crippen molar-refractivity contribution in [2.24, 2.45) is 0 Å². The second kappa shape index (κ2) is 5.90. The summed E-state index contributed by atoms with van der Waals surface area (Å²) in [5.74, 6) is -0.0552. The number of nitrogen functional groups attached to an aromatic ring is 1. The summed E-state index contributed by atoms with van der Waals surface area (Å²) in [5.41, 5.74) is 6.05. The lowest BCUT2D eigenvalue weighted by Gasteiger charge is -2.13. The van der Waals surface area contributed by atoms with Crippen LogP contribution in [0.2, 0.25) is 4.34 Å². The molecule has 4 nitrogen and oxygen atoms in total. The molecule has 1 unspecified atom stereocenters. The third-order valence-corrected chi connectivity index (χ3v) is 4.35. The van der Waals surface area contributed by atoms with Crippen molar-refractivity contribution in [2.75, 3.05) is 5.73 Å². The molecule has 0 aromatic carbocycles. The molecule has 0 bridgehead atoms. The summed E-state index contributed by atoms with van der Waals surface area (Å²) in [7, 11) is 0. The first kappa shape index (κ1) is 14.3. The highest BCUT2D eigenvalue weighted by Crippen LogP contribution is 2.27. The summed E-state index contributed by atoms with van der Waals surface area (Å²) in [5, 5.41) is 2.87. The van der Waals surface area contributed by atoms with Gasteiger partial charge in [-0.3, -0.25) is 4.79 Å². The number of hydrogen-bond acceptors (Lipinski definition) is 4. The molecular formula is C12H11BrClN3OS. The van der Waals surface area contributed by atoms with Crippen LogP contribution >= 0.6 is 38.9 Å². The zero-order chi connectivity index (χ0) is 14.0. The second-order valence-electron chi connectivity index (χ2n) is 3.92. The van der Waals surface area contributed by atoms with E-state index in [1.807, 2.05) is 13.0 Å². The van der Waals surface area contributed by atoms with E-state index in [-0.39, 0.29) is 17.8 Å². The Hall–Kier alpha value is -1.11. The topological polar surface area (TPSA) is 68.0 Å². The Morgan fingerprint density at radius 2 is 2.32 bits per heavy atom. The van der Waals surface area contributed by atoms with Crippen molar-refractivity contribution < 1.29 is 4.79 Å². The largest absolute Gasteiger partial charge is 0.383 e. The lowest BCUT2D eigenvalue weighted by molar-refractivity contribution is 0.0941. The van der Waals surface area contributed by atoms with E-state index in [4.69, 9.17) is 17.3 Å². The minimum Gasteiger partial charge on any atom is -0.383 e. The fraction of sp³-hybridized carbons (Fsp3) is 0.167. The molecule has 19 heavy (non-hydrogen) atoms. The van der Waals surface area contributed by atoms with Crippen LogP contribution in [0.4, 0.5) is 5.82 Å². The summed E-state index contributed by atoms with van der Waals surface area (Å²) in [6.45, 7) is 1.89. The molecule has 0 fully saturated rings. The molecule has 1 amide bonds. The fourth-order valence-electron chi connectivity index (χ4n) is 1.54. The minimum absolute atomic E-state index is 0.136. The molecule has 3 N–H and O–H groups in total. The van der Waals surface area contributed by atoms with Gasteiger partial charge in [-0.05, 0) is 41.1 Å². The molecule has 0 aliphatic rings. The Bertz CT molecular complexity index is 617. The number of carbonyl (C=O) groups is 1. The molecule has 0 radical (unpaired) electrons. The van der Waals surface area contributed by atoms with Crippen LogP contribution in [0, 0.1) is 0 Å². The number of halogens is 2. The van der Waals surface area contributed by atoms with E-state index in [1.54, 1.807) is 18.3 Å². The Balaban J connectivity index is 2.15. The Morgan fingerprint density at radius 1 is 1.58 bits per heavy atom. The van der Waals surface area contributed by atoms with Crippen LogP contribution < -0.4 is 11.1 Å². The first-order valence-corrected chi connectivity index (χ1v) is 7.43. The number of amides is 1. The lowest BCUT2D eigenvalue weighted by atomic mass is 10.2. The third kappa shape index (κ3) is 3.46. The van der Waals surface area contributed by atoms with Gasteiger partial charge in [0, 0.05) is 15.5 Å². The maximum absolute atomic E-state index is 12.1. The number of thiophene rings is 1. The van der Waals surface area contributed by atoms with E-state index in [0.29, 0.717) is 14.4 Å². The van der Waals surface area contributed by atoms with Crippen molar-refractivity contribution in [3.63, 3.8) is 0 Å². The number of nitrogens with zero attached hydrogens (tertiary/aromatic N) is 1. The highest BCUT2D eigenvalue weighted by Gasteiger charge is 2.16. The van der Waals surface area contributed by atoms with Gasteiger partial charge in [-0.1, -0.05) is 11.6 Å². The van der Waals surface area contributed by atoms with Crippen LogP contribution in [0.5, 0.6) is 0 Å². The van der Waals surface area contributed by atoms with Crippen molar-refractivity contribution in [3.8, 4) is 0 Å². The number of nitrogens with one attached hydrogen (secondary N) is 1. The molecule has 0 spiro atoms. The number of carbonyl (C=O) groups excluding carboxylic acids is 1. The molecule has 2 heterocycles. The Morgan fingerprint density at radius 3 is 2.95 bits per heavy atom. The van der Waals surface area contributed by atoms with Gasteiger partial charge in [0.2, 0.25) is 0 Å². The van der Waals surface area contributed by atoms with Gasteiger partial charge in [-0.2, -0.15) is 0 Å². The SMILES string of the molecule is CC(NC(=O)c1cc(Br)cnc1N)c1ccc(Cl)s1. The summed E-state index contributed by atoms with van der Waals surface area (Å²) < 4.78 is 1.40. The number of aromatic nitrogens is 1. The van der Waals surface area contributed by atoms with Crippen LogP contribution in [-0.4, -0.2) is 10.9 Å². The van der Waals surface area contributed by atoms with Gasteiger partial charge in [0.25, 0.3) is 5.91 Å². The molecule has 0 aliphatic carbocycles. The normalized spacial score (nSPS) is 12.2. The first-order valence-electron chi connectivity index (χ1n) is 5.44. The van der Waals surface area contributed by atoms with Gasteiger partial charge in [-0.15, -0.1) is 11.3 Å². The molecular weight excluding hydrogens is 350 g/mol. The van der Waals surface area contributed by atoms with E-state index in [2.05, 4.69) is 26.2 Å². The molecule has 2 rings (SSSR count).